The molecule has 21 heavy (non-hydrogen) atoms. The number of ether oxygens (including phenoxy) is 1. The summed E-state index contributed by atoms with van der Waals surface area (Å²) in [5, 5.41) is 9.51. The number of carbonyl (C=O) groups is 1. The van der Waals surface area contributed by atoms with Gasteiger partial charge in [0.15, 0.2) is 6.10 Å². The molecule has 1 aromatic rings. The molecule has 4 heteroatoms. The van der Waals surface area contributed by atoms with Crippen LogP contribution in [0.15, 0.2) is 24.3 Å². The van der Waals surface area contributed by atoms with E-state index >= 15 is 0 Å². The van der Waals surface area contributed by atoms with E-state index in [0.717, 1.165) is 31.2 Å². The summed E-state index contributed by atoms with van der Waals surface area (Å²) in [6.45, 7) is 4.52. The standard InChI is InChI=1S/C17H25NO3/c1-13-7-6-9-16(11-13)21-14(2)17(20)18-10-5-3-4-8-15(18)12-19/h6-7,9,11,14-15,19H,3-5,8,10,12H2,1-2H3. The highest BCUT2D eigenvalue weighted by Crippen LogP contribution is 2.20. The molecule has 0 radical (unpaired) electrons. The molecule has 1 N–H and O–H groups in total. The molecule has 0 saturated carbocycles. The van der Waals surface area contributed by atoms with Crippen molar-refractivity contribution < 1.29 is 14.6 Å². The van der Waals surface area contributed by atoms with Crippen molar-refractivity contribution >= 4 is 5.91 Å². The lowest BCUT2D eigenvalue weighted by molar-refractivity contribution is -0.141. The second-order valence-corrected chi connectivity index (χ2v) is 5.79. The van der Waals surface area contributed by atoms with Gasteiger partial charge in [0.2, 0.25) is 0 Å². The average Bonchev–Trinajstić information content (AvgIpc) is 2.71. The number of amides is 1. The third-order valence-electron chi connectivity index (χ3n) is 4.02. The molecule has 1 aliphatic rings. The molecule has 2 rings (SSSR count). The first kappa shape index (κ1) is 15.8. The molecule has 0 spiro atoms. The van der Waals surface area contributed by atoms with Gasteiger partial charge in [-0.25, -0.2) is 0 Å². The summed E-state index contributed by atoms with van der Waals surface area (Å²) in [6, 6.07) is 7.64. The highest BCUT2D eigenvalue weighted by molar-refractivity contribution is 5.81. The number of rotatable bonds is 4. The minimum absolute atomic E-state index is 0.0301. The Hall–Kier alpha value is -1.55. The highest BCUT2D eigenvalue weighted by atomic mass is 16.5. The van der Waals surface area contributed by atoms with E-state index in [0.29, 0.717) is 12.3 Å². The molecule has 1 heterocycles. The Morgan fingerprint density at radius 3 is 2.95 bits per heavy atom. The summed E-state index contributed by atoms with van der Waals surface area (Å²) in [5.74, 6) is 0.684. The average molecular weight is 291 g/mol. The van der Waals surface area contributed by atoms with Crippen LogP contribution < -0.4 is 4.74 Å². The van der Waals surface area contributed by atoms with E-state index in [1.165, 1.54) is 0 Å². The van der Waals surface area contributed by atoms with Gasteiger partial charge in [0.05, 0.1) is 12.6 Å². The van der Waals surface area contributed by atoms with Crippen LogP contribution in [0, 0.1) is 6.92 Å². The second-order valence-electron chi connectivity index (χ2n) is 5.79. The quantitative estimate of drug-likeness (QED) is 0.927. The Morgan fingerprint density at radius 2 is 2.24 bits per heavy atom. The topological polar surface area (TPSA) is 49.8 Å². The predicted octanol–water partition coefficient (Wildman–Crippen LogP) is 2.53. The lowest BCUT2D eigenvalue weighted by Gasteiger charge is -2.31. The summed E-state index contributed by atoms with van der Waals surface area (Å²) in [4.78, 5) is 14.4. The monoisotopic (exact) mass is 291 g/mol. The van der Waals surface area contributed by atoms with Crippen LogP contribution in [0.2, 0.25) is 0 Å². The lowest BCUT2D eigenvalue weighted by Crippen LogP contribution is -2.47. The van der Waals surface area contributed by atoms with Crippen LogP contribution in [0.1, 0.15) is 38.2 Å². The minimum atomic E-state index is -0.529. The largest absolute Gasteiger partial charge is 0.481 e. The van der Waals surface area contributed by atoms with Gasteiger partial charge in [0, 0.05) is 6.54 Å². The first-order chi connectivity index (χ1) is 10.1. The van der Waals surface area contributed by atoms with Crippen molar-refractivity contribution in [3.05, 3.63) is 29.8 Å². The molecule has 1 fully saturated rings. The van der Waals surface area contributed by atoms with Crippen LogP contribution >= 0.6 is 0 Å². The van der Waals surface area contributed by atoms with Crippen molar-refractivity contribution in [2.75, 3.05) is 13.2 Å². The predicted molar refractivity (Wildman–Crippen MR) is 82.3 cm³/mol. The molecule has 1 amide bonds. The Kier molecular flexibility index (Phi) is 5.62. The maximum Gasteiger partial charge on any atom is 0.263 e. The number of hydrogen-bond donors (Lipinski definition) is 1. The smallest absolute Gasteiger partial charge is 0.263 e. The summed E-state index contributed by atoms with van der Waals surface area (Å²) in [6.07, 6.45) is 3.54. The minimum Gasteiger partial charge on any atom is -0.481 e. The van der Waals surface area contributed by atoms with Gasteiger partial charge in [-0.3, -0.25) is 4.79 Å². The van der Waals surface area contributed by atoms with Crippen molar-refractivity contribution in [3.8, 4) is 5.75 Å². The fourth-order valence-electron chi connectivity index (χ4n) is 2.83. The van der Waals surface area contributed by atoms with E-state index in [1.807, 2.05) is 31.2 Å². The van der Waals surface area contributed by atoms with Crippen LogP contribution in [-0.4, -0.2) is 41.2 Å². The van der Waals surface area contributed by atoms with Gasteiger partial charge < -0.3 is 14.7 Å². The molecule has 1 aliphatic heterocycles. The Morgan fingerprint density at radius 1 is 1.43 bits per heavy atom. The molecule has 0 aromatic heterocycles. The van der Waals surface area contributed by atoms with Gasteiger partial charge >= 0.3 is 0 Å². The zero-order chi connectivity index (χ0) is 15.2. The van der Waals surface area contributed by atoms with Crippen molar-refractivity contribution in [1.29, 1.82) is 0 Å². The molecule has 2 atom stereocenters. The van der Waals surface area contributed by atoms with Crippen molar-refractivity contribution in [2.24, 2.45) is 0 Å². The molecule has 1 saturated heterocycles. The first-order valence-electron chi connectivity index (χ1n) is 7.76. The molecular formula is C17H25NO3. The van der Waals surface area contributed by atoms with Crippen molar-refractivity contribution in [1.82, 2.24) is 4.90 Å². The summed E-state index contributed by atoms with van der Waals surface area (Å²) in [5.41, 5.74) is 1.11. The maximum atomic E-state index is 12.6. The zero-order valence-electron chi connectivity index (χ0n) is 12.9. The Balaban J connectivity index is 2.03. The molecule has 0 bridgehead atoms. The molecular weight excluding hydrogens is 266 g/mol. The Bertz CT molecular complexity index is 475. The number of benzene rings is 1. The highest BCUT2D eigenvalue weighted by Gasteiger charge is 2.29. The van der Waals surface area contributed by atoms with E-state index in [-0.39, 0.29) is 18.6 Å². The maximum absolute atomic E-state index is 12.6. The molecule has 116 valence electrons. The number of nitrogens with zero attached hydrogens (tertiary/aromatic N) is 1. The van der Waals surface area contributed by atoms with Gasteiger partial charge in [0.1, 0.15) is 5.75 Å². The fraction of sp³-hybridized carbons (Fsp3) is 0.588. The SMILES string of the molecule is Cc1cccc(OC(C)C(=O)N2CCCCCC2CO)c1. The number of carbonyl (C=O) groups excluding carboxylic acids is 1. The van der Waals surface area contributed by atoms with Gasteiger partial charge in [-0.15, -0.1) is 0 Å². The van der Waals surface area contributed by atoms with Gasteiger partial charge in [0.25, 0.3) is 5.91 Å². The van der Waals surface area contributed by atoms with Crippen molar-refractivity contribution in [2.45, 2.75) is 51.7 Å². The fourth-order valence-corrected chi connectivity index (χ4v) is 2.83. The van der Waals surface area contributed by atoms with Crippen LogP contribution in [0.25, 0.3) is 0 Å². The first-order valence-corrected chi connectivity index (χ1v) is 7.76. The summed E-state index contributed by atoms with van der Waals surface area (Å²) >= 11 is 0. The van der Waals surface area contributed by atoms with E-state index in [2.05, 4.69) is 0 Å². The van der Waals surface area contributed by atoms with Gasteiger partial charge in [-0.2, -0.15) is 0 Å². The van der Waals surface area contributed by atoms with Crippen LogP contribution in [0.3, 0.4) is 0 Å². The number of aliphatic hydroxyl groups excluding tert-OH is 1. The van der Waals surface area contributed by atoms with Gasteiger partial charge in [-0.1, -0.05) is 25.0 Å². The molecule has 4 nitrogen and oxygen atoms in total. The summed E-state index contributed by atoms with van der Waals surface area (Å²) < 4.78 is 5.77. The van der Waals surface area contributed by atoms with E-state index < -0.39 is 6.10 Å². The third kappa shape index (κ3) is 4.21. The molecule has 2 unspecified atom stereocenters. The number of aliphatic hydroxyl groups is 1. The van der Waals surface area contributed by atoms with E-state index in [9.17, 15) is 9.90 Å². The lowest BCUT2D eigenvalue weighted by atomic mass is 10.1. The Labute approximate surface area is 126 Å². The summed E-state index contributed by atoms with van der Waals surface area (Å²) in [7, 11) is 0. The van der Waals surface area contributed by atoms with Crippen LogP contribution in [0.5, 0.6) is 5.75 Å². The van der Waals surface area contributed by atoms with E-state index in [1.54, 1.807) is 11.8 Å². The van der Waals surface area contributed by atoms with Crippen molar-refractivity contribution in [3.63, 3.8) is 0 Å². The number of hydrogen-bond acceptors (Lipinski definition) is 3. The molecule has 0 aliphatic carbocycles. The third-order valence-corrected chi connectivity index (χ3v) is 4.02. The van der Waals surface area contributed by atoms with Gasteiger partial charge in [-0.05, 0) is 44.4 Å². The van der Waals surface area contributed by atoms with E-state index in [4.69, 9.17) is 4.74 Å². The number of likely N-dealkylation sites (tertiary alicyclic amines) is 1. The second kappa shape index (κ2) is 7.46. The van der Waals surface area contributed by atoms with Crippen LogP contribution in [0.4, 0.5) is 0 Å². The number of aryl methyl sites for hydroxylation is 1. The normalized spacial score (nSPS) is 20.7. The zero-order valence-corrected chi connectivity index (χ0v) is 12.9. The molecule has 1 aromatic carbocycles. The van der Waals surface area contributed by atoms with Crippen LogP contribution in [-0.2, 0) is 4.79 Å².